The summed E-state index contributed by atoms with van der Waals surface area (Å²) >= 11 is 0. The lowest BCUT2D eigenvalue weighted by atomic mass is 10.2. The molecule has 2 rings (SSSR count). The molecule has 0 saturated heterocycles. The van der Waals surface area contributed by atoms with Crippen LogP contribution in [0.3, 0.4) is 0 Å². The lowest BCUT2D eigenvalue weighted by Crippen LogP contribution is -2.38. The topological polar surface area (TPSA) is 89.8 Å². The summed E-state index contributed by atoms with van der Waals surface area (Å²) in [5.74, 6) is 0.174. The summed E-state index contributed by atoms with van der Waals surface area (Å²) in [6, 6.07) is 0. The Labute approximate surface area is 102 Å². The molecule has 7 nitrogen and oxygen atoms in total. The maximum atomic E-state index is 12.0. The minimum absolute atomic E-state index is 0.0266. The van der Waals surface area contributed by atoms with Crippen LogP contribution in [0.4, 0.5) is 0 Å². The van der Waals surface area contributed by atoms with Crippen molar-refractivity contribution in [3.63, 3.8) is 0 Å². The van der Waals surface area contributed by atoms with Crippen molar-refractivity contribution in [3.8, 4) is 0 Å². The van der Waals surface area contributed by atoms with Gasteiger partial charge in [0, 0.05) is 25.6 Å². The normalized spacial score (nSPS) is 10.6. The Morgan fingerprint density at radius 2 is 2.17 bits per heavy atom. The van der Waals surface area contributed by atoms with Crippen LogP contribution in [0.15, 0.2) is 28.2 Å². The van der Waals surface area contributed by atoms with Gasteiger partial charge in [-0.25, -0.2) is 9.78 Å². The maximum absolute atomic E-state index is 12.0. The van der Waals surface area contributed by atoms with Crippen molar-refractivity contribution in [1.29, 1.82) is 0 Å². The quantitative estimate of drug-likeness (QED) is 0.743. The van der Waals surface area contributed by atoms with Gasteiger partial charge in [0.25, 0.3) is 5.56 Å². The molecule has 2 heterocycles. The molecule has 0 aliphatic carbocycles. The van der Waals surface area contributed by atoms with Gasteiger partial charge in [0.15, 0.2) is 5.78 Å². The second-order valence-electron chi connectivity index (χ2n) is 3.91. The highest BCUT2D eigenvalue weighted by Gasteiger charge is 2.12. The van der Waals surface area contributed by atoms with Crippen LogP contribution < -0.4 is 11.2 Å². The molecule has 0 saturated carbocycles. The Bertz CT molecular complexity index is 708. The summed E-state index contributed by atoms with van der Waals surface area (Å²) in [5, 5.41) is 0. The third-order valence-corrected chi connectivity index (χ3v) is 2.66. The van der Waals surface area contributed by atoms with Crippen molar-refractivity contribution in [1.82, 2.24) is 19.1 Å². The average Bonchev–Trinajstić information content (AvgIpc) is 2.69. The van der Waals surface area contributed by atoms with Crippen LogP contribution >= 0.6 is 0 Å². The Morgan fingerprint density at radius 1 is 1.44 bits per heavy atom. The van der Waals surface area contributed by atoms with Gasteiger partial charge < -0.3 is 9.55 Å². The van der Waals surface area contributed by atoms with Gasteiger partial charge in [0.2, 0.25) is 0 Å². The van der Waals surface area contributed by atoms with Gasteiger partial charge in [-0.3, -0.25) is 14.2 Å². The highest BCUT2D eigenvalue weighted by atomic mass is 16.2. The van der Waals surface area contributed by atoms with E-state index in [0.717, 1.165) is 10.8 Å². The third kappa shape index (κ3) is 2.02. The average molecular weight is 248 g/mol. The standard InChI is InChI=1S/C11H12N4O3/c1-7(16)8-5-13-11(18)15(10(8)17)6-9-12-3-4-14(9)2/h3-5H,6H2,1-2H3,(H,13,18). The molecule has 0 aliphatic heterocycles. The SMILES string of the molecule is CC(=O)c1c[nH]c(=O)n(Cc2nccn2C)c1=O. The van der Waals surface area contributed by atoms with E-state index in [4.69, 9.17) is 0 Å². The van der Waals surface area contributed by atoms with Gasteiger partial charge in [-0.15, -0.1) is 0 Å². The fourth-order valence-corrected chi connectivity index (χ4v) is 1.60. The lowest BCUT2D eigenvalue weighted by molar-refractivity contribution is 0.101. The van der Waals surface area contributed by atoms with Crippen LogP contribution in [0.25, 0.3) is 0 Å². The maximum Gasteiger partial charge on any atom is 0.328 e. The summed E-state index contributed by atoms with van der Waals surface area (Å²) < 4.78 is 2.66. The number of aromatic amines is 1. The van der Waals surface area contributed by atoms with Crippen molar-refractivity contribution in [3.05, 3.63) is 50.8 Å². The molecule has 94 valence electrons. The number of H-pyrrole nitrogens is 1. The zero-order chi connectivity index (χ0) is 13.3. The minimum Gasteiger partial charge on any atom is -0.337 e. The number of aromatic nitrogens is 4. The van der Waals surface area contributed by atoms with Crippen LogP contribution in [-0.2, 0) is 13.6 Å². The molecule has 18 heavy (non-hydrogen) atoms. The number of nitrogens with zero attached hydrogens (tertiary/aromatic N) is 3. The molecule has 0 aliphatic rings. The second kappa shape index (κ2) is 4.44. The number of imidazole rings is 1. The van der Waals surface area contributed by atoms with Crippen molar-refractivity contribution in [2.75, 3.05) is 0 Å². The predicted octanol–water partition coefficient (Wildman–Crippen LogP) is -0.479. The smallest absolute Gasteiger partial charge is 0.328 e. The molecule has 2 aromatic heterocycles. The van der Waals surface area contributed by atoms with E-state index in [9.17, 15) is 14.4 Å². The van der Waals surface area contributed by atoms with E-state index in [2.05, 4.69) is 9.97 Å². The molecular formula is C11H12N4O3. The van der Waals surface area contributed by atoms with Gasteiger partial charge >= 0.3 is 5.69 Å². The lowest BCUT2D eigenvalue weighted by Gasteiger charge is -2.05. The number of hydrogen-bond acceptors (Lipinski definition) is 4. The number of aryl methyl sites for hydroxylation is 1. The van der Waals surface area contributed by atoms with E-state index < -0.39 is 11.2 Å². The van der Waals surface area contributed by atoms with E-state index >= 15 is 0 Å². The highest BCUT2D eigenvalue weighted by molar-refractivity contribution is 5.93. The fourth-order valence-electron chi connectivity index (χ4n) is 1.60. The van der Waals surface area contributed by atoms with E-state index in [-0.39, 0.29) is 17.9 Å². The Morgan fingerprint density at radius 3 is 2.72 bits per heavy atom. The molecule has 0 amide bonds. The van der Waals surface area contributed by atoms with E-state index in [1.807, 2.05) is 0 Å². The second-order valence-corrected chi connectivity index (χ2v) is 3.91. The number of carbonyl (C=O) groups excluding carboxylic acids is 1. The summed E-state index contributed by atoms with van der Waals surface area (Å²) in [5.41, 5.74) is -1.20. The van der Waals surface area contributed by atoms with Crippen LogP contribution in [0.2, 0.25) is 0 Å². The molecule has 0 atom stereocenters. The molecule has 0 aromatic carbocycles. The van der Waals surface area contributed by atoms with Crippen molar-refractivity contribution in [2.24, 2.45) is 7.05 Å². The predicted molar refractivity (Wildman–Crippen MR) is 63.6 cm³/mol. The first-order chi connectivity index (χ1) is 8.50. The van der Waals surface area contributed by atoms with Crippen molar-refractivity contribution >= 4 is 5.78 Å². The van der Waals surface area contributed by atoms with Crippen molar-refractivity contribution < 1.29 is 4.79 Å². The number of rotatable bonds is 3. The first-order valence-electron chi connectivity index (χ1n) is 5.30. The summed E-state index contributed by atoms with van der Waals surface area (Å²) in [6.45, 7) is 1.30. The molecule has 0 bridgehead atoms. The molecule has 1 N–H and O–H groups in total. The van der Waals surface area contributed by atoms with Gasteiger partial charge in [0.1, 0.15) is 5.82 Å². The highest BCUT2D eigenvalue weighted by Crippen LogP contribution is 1.95. The van der Waals surface area contributed by atoms with E-state index in [1.54, 1.807) is 24.0 Å². The fraction of sp³-hybridized carbons (Fsp3) is 0.273. The van der Waals surface area contributed by atoms with Gasteiger partial charge in [-0.2, -0.15) is 0 Å². The Hall–Kier alpha value is -2.44. The molecule has 0 fully saturated rings. The Balaban J connectivity index is 2.55. The molecule has 0 radical (unpaired) electrons. The first-order valence-corrected chi connectivity index (χ1v) is 5.30. The largest absolute Gasteiger partial charge is 0.337 e. The zero-order valence-electron chi connectivity index (χ0n) is 10.0. The van der Waals surface area contributed by atoms with Gasteiger partial charge in [-0.1, -0.05) is 0 Å². The first kappa shape index (κ1) is 12.0. The summed E-state index contributed by atoms with van der Waals surface area (Å²) in [7, 11) is 1.76. The van der Waals surface area contributed by atoms with Gasteiger partial charge in [0.05, 0.1) is 12.1 Å². The van der Waals surface area contributed by atoms with Crippen LogP contribution in [0.5, 0.6) is 0 Å². The molecule has 7 heteroatoms. The number of ketones is 1. The zero-order valence-corrected chi connectivity index (χ0v) is 10.0. The molecule has 0 spiro atoms. The van der Waals surface area contributed by atoms with Crippen LogP contribution in [-0.4, -0.2) is 24.9 Å². The molecule has 0 unspecified atom stereocenters. The monoisotopic (exact) mass is 248 g/mol. The third-order valence-electron chi connectivity index (χ3n) is 2.66. The van der Waals surface area contributed by atoms with E-state index in [1.165, 1.54) is 6.92 Å². The van der Waals surface area contributed by atoms with Crippen LogP contribution in [0.1, 0.15) is 23.1 Å². The minimum atomic E-state index is -0.603. The summed E-state index contributed by atoms with van der Waals surface area (Å²) in [6.07, 6.45) is 4.43. The molecule has 2 aromatic rings. The summed E-state index contributed by atoms with van der Waals surface area (Å²) in [4.78, 5) is 41.2. The number of carbonyl (C=O) groups is 1. The number of nitrogens with one attached hydrogen (secondary N) is 1. The van der Waals surface area contributed by atoms with Crippen LogP contribution in [0, 0.1) is 0 Å². The van der Waals surface area contributed by atoms with E-state index in [0.29, 0.717) is 5.82 Å². The number of hydrogen-bond donors (Lipinski definition) is 1. The van der Waals surface area contributed by atoms with Crippen molar-refractivity contribution in [2.45, 2.75) is 13.5 Å². The van der Waals surface area contributed by atoms with Gasteiger partial charge in [-0.05, 0) is 6.92 Å². The number of Topliss-reactive ketones (excluding diaryl/α,β-unsaturated/α-hetero) is 1. The molecular weight excluding hydrogens is 236 g/mol. The Kier molecular flexibility index (Phi) is 2.97.